The average molecular weight is 264 g/mol. The van der Waals surface area contributed by atoms with Crippen LogP contribution < -0.4 is 15.8 Å². The second kappa shape index (κ2) is 7.14. The molecule has 1 amide bonds. The number of rotatable bonds is 7. The van der Waals surface area contributed by atoms with Gasteiger partial charge in [-0.1, -0.05) is 26.0 Å². The molecule has 0 bridgehead atoms. The van der Waals surface area contributed by atoms with E-state index >= 15 is 0 Å². The zero-order valence-electron chi connectivity index (χ0n) is 12.1. The molecule has 0 aliphatic carbocycles. The maximum atomic E-state index is 11.0. The summed E-state index contributed by atoms with van der Waals surface area (Å²) in [5, 5.41) is 3.15. The Morgan fingerprint density at radius 2 is 1.79 bits per heavy atom. The first kappa shape index (κ1) is 15.5. The van der Waals surface area contributed by atoms with Crippen LogP contribution in [0, 0.1) is 5.92 Å². The molecule has 1 aromatic carbocycles. The van der Waals surface area contributed by atoms with Crippen LogP contribution in [-0.4, -0.2) is 18.6 Å². The lowest BCUT2D eigenvalue weighted by molar-refractivity contribution is -0.119. The van der Waals surface area contributed by atoms with E-state index in [1.165, 1.54) is 0 Å². The number of benzene rings is 1. The number of amides is 1. The SMILES string of the molecule is CC(C)COc1ccc(C(C)NC(C)C(N)=O)cc1. The van der Waals surface area contributed by atoms with Crippen molar-refractivity contribution in [3.05, 3.63) is 29.8 Å². The van der Waals surface area contributed by atoms with E-state index in [9.17, 15) is 4.79 Å². The third-order valence-corrected chi connectivity index (χ3v) is 2.89. The third-order valence-electron chi connectivity index (χ3n) is 2.89. The fourth-order valence-electron chi connectivity index (χ4n) is 1.67. The van der Waals surface area contributed by atoms with E-state index in [0.29, 0.717) is 12.5 Å². The summed E-state index contributed by atoms with van der Waals surface area (Å²) in [6, 6.07) is 7.63. The van der Waals surface area contributed by atoms with Gasteiger partial charge in [-0.3, -0.25) is 10.1 Å². The Labute approximate surface area is 115 Å². The smallest absolute Gasteiger partial charge is 0.234 e. The Morgan fingerprint density at radius 3 is 2.26 bits per heavy atom. The lowest BCUT2D eigenvalue weighted by Gasteiger charge is -2.18. The van der Waals surface area contributed by atoms with Gasteiger partial charge in [0, 0.05) is 6.04 Å². The van der Waals surface area contributed by atoms with Crippen LogP contribution >= 0.6 is 0 Å². The highest BCUT2D eigenvalue weighted by atomic mass is 16.5. The Kier molecular flexibility index (Phi) is 5.83. The van der Waals surface area contributed by atoms with Crippen LogP contribution in [0.25, 0.3) is 0 Å². The van der Waals surface area contributed by atoms with Crippen LogP contribution in [0.3, 0.4) is 0 Å². The van der Waals surface area contributed by atoms with Crippen molar-refractivity contribution < 1.29 is 9.53 Å². The molecule has 0 spiro atoms. The van der Waals surface area contributed by atoms with Crippen LogP contribution in [0.4, 0.5) is 0 Å². The maximum absolute atomic E-state index is 11.0. The first-order valence-corrected chi connectivity index (χ1v) is 6.68. The normalized spacial score (nSPS) is 14.2. The van der Waals surface area contributed by atoms with E-state index in [1.54, 1.807) is 6.92 Å². The Balaban J connectivity index is 2.57. The van der Waals surface area contributed by atoms with E-state index in [-0.39, 0.29) is 18.0 Å². The minimum Gasteiger partial charge on any atom is -0.493 e. The van der Waals surface area contributed by atoms with Gasteiger partial charge in [-0.25, -0.2) is 0 Å². The van der Waals surface area contributed by atoms with Crippen LogP contribution in [0.5, 0.6) is 5.75 Å². The molecule has 0 saturated heterocycles. The first-order chi connectivity index (χ1) is 8.90. The molecule has 0 aliphatic heterocycles. The largest absolute Gasteiger partial charge is 0.493 e. The molecule has 106 valence electrons. The number of hydrogen-bond donors (Lipinski definition) is 2. The second-order valence-electron chi connectivity index (χ2n) is 5.29. The standard InChI is InChI=1S/C15H24N2O2/c1-10(2)9-19-14-7-5-13(6-8-14)11(3)17-12(4)15(16)18/h5-8,10-12,17H,9H2,1-4H3,(H2,16,18). The van der Waals surface area contributed by atoms with Gasteiger partial charge in [0.25, 0.3) is 0 Å². The van der Waals surface area contributed by atoms with Gasteiger partial charge in [0.2, 0.25) is 5.91 Å². The van der Waals surface area contributed by atoms with Crippen molar-refractivity contribution >= 4 is 5.91 Å². The molecular formula is C15H24N2O2. The topological polar surface area (TPSA) is 64.3 Å². The molecule has 2 unspecified atom stereocenters. The quantitative estimate of drug-likeness (QED) is 0.794. The summed E-state index contributed by atoms with van der Waals surface area (Å²) < 4.78 is 5.63. The molecular weight excluding hydrogens is 240 g/mol. The number of primary amides is 1. The van der Waals surface area contributed by atoms with Gasteiger partial charge >= 0.3 is 0 Å². The van der Waals surface area contributed by atoms with E-state index in [0.717, 1.165) is 11.3 Å². The molecule has 0 saturated carbocycles. The minimum absolute atomic E-state index is 0.0710. The number of hydrogen-bond acceptors (Lipinski definition) is 3. The summed E-state index contributed by atoms with van der Waals surface area (Å²) in [6.07, 6.45) is 0. The van der Waals surface area contributed by atoms with Gasteiger partial charge < -0.3 is 10.5 Å². The second-order valence-corrected chi connectivity index (χ2v) is 5.29. The molecule has 19 heavy (non-hydrogen) atoms. The van der Waals surface area contributed by atoms with Gasteiger partial charge in [0.1, 0.15) is 5.75 Å². The summed E-state index contributed by atoms with van der Waals surface area (Å²) >= 11 is 0. The van der Waals surface area contributed by atoms with Gasteiger partial charge in [-0.2, -0.15) is 0 Å². The molecule has 3 N–H and O–H groups in total. The number of carbonyl (C=O) groups is 1. The van der Waals surface area contributed by atoms with Crippen molar-refractivity contribution in [2.45, 2.75) is 39.8 Å². The summed E-state index contributed by atoms with van der Waals surface area (Å²) in [7, 11) is 0. The van der Waals surface area contributed by atoms with E-state index < -0.39 is 0 Å². The summed E-state index contributed by atoms with van der Waals surface area (Å²) in [5.41, 5.74) is 6.33. The van der Waals surface area contributed by atoms with Gasteiger partial charge in [-0.05, 0) is 37.5 Å². The summed E-state index contributed by atoms with van der Waals surface area (Å²) in [4.78, 5) is 11.0. The summed E-state index contributed by atoms with van der Waals surface area (Å²) in [5.74, 6) is 1.04. The maximum Gasteiger partial charge on any atom is 0.234 e. The van der Waals surface area contributed by atoms with Crippen molar-refractivity contribution in [2.75, 3.05) is 6.61 Å². The Morgan fingerprint density at radius 1 is 1.21 bits per heavy atom. The van der Waals surface area contributed by atoms with Crippen molar-refractivity contribution in [1.29, 1.82) is 0 Å². The molecule has 0 radical (unpaired) electrons. The fourth-order valence-corrected chi connectivity index (χ4v) is 1.67. The highest BCUT2D eigenvalue weighted by Gasteiger charge is 2.13. The van der Waals surface area contributed by atoms with Gasteiger partial charge in [0.15, 0.2) is 0 Å². The van der Waals surface area contributed by atoms with Crippen molar-refractivity contribution in [3.8, 4) is 5.75 Å². The molecule has 1 aromatic rings. The third kappa shape index (κ3) is 5.30. The number of ether oxygens (including phenoxy) is 1. The molecule has 1 rings (SSSR count). The predicted molar refractivity (Wildman–Crippen MR) is 77.0 cm³/mol. The highest BCUT2D eigenvalue weighted by molar-refractivity contribution is 5.79. The highest BCUT2D eigenvalue weighted by Crippen LogP contribution is 2.18. The van der Waals surface area contributed by atoms with Gasteiger partial charge in [0.05, 0.1) is 12.6 Å². The van der Waals surface area contributed by atoms with Crippen LogP contribution in [0.2, 0.25) is 0 Å². The molecule has 2 atom stereocenters. The minimum atomic E-state index is -0.344. The molecule has 0 heterocycles. The number of carbonyl (C=O) groups excluding carboxylic acids is 1. The zero-order valence-corrected chi connectivity index (χ0v) is 12.1. The predicted octanol–water partition coefficient (Wildman–Crippen LogP) is 2.25. The molecule has 0 aliphatic rings. The first-order valence-electron chi connectivity index (χ1n) is 6.68. The fraction of sp³-hybridized carbons (Fsp3) is 0.533. The van der Waals surface area contributed by atoms with Crippen molar-refractivity contribution in [2.24, 2.45) is 11.7 Å². The molecule has 4 nitrogen and oxygen atoms in total. The van der Waals surface area contributed by atoms with E-state index in [1.807, 2.05) is 31.2 Å². The Bertz CT molecular complexity index is 401. The lowest BCUT2D eigenvalue weighted by Crippen LogP contribution is -2.39. The monoisotopic (exact) mass is 264 g/mol. The van der Waals surface area contributed by atoms with E-state index in [2.05, 4.69) is 19.2 Å². The lowest BCUT2D eigenvalue weighted by atomic mass is 10.1. The molecule has 4 heteroatoms. The van der Waals surface area contributed by atoms with Crippen LogP contribution in [0.1, 0.15) is 39.3 Å². The summed E-state index contributed by atoms with van der Waals surface area (Å²) in [6.45, 7) is 8.71. The van der Waals surface area contributed by atoms with Crippen LogP contribution in [-0.2, 0) is 4.79 Å². The van der Waals surface area contributed by atoms with E-state index in [4.69, 9.17) is 10.5 Å². The Hall–Kier alpha value is -1.55. The van der Waals surface area contributed by atoms with Crippen molar-refractivity contribution in [3.63, 3.8) is 0 Å². The van der Waals surface area contributed by atoms with Crippen molar-refractivity contribution in [1.82, 2.24) is 5.32 Å². The zero-order chi connectivity index (χ0) is 14.4. The molecule has 0 aromatic heterocycles. The van der Waals surface area contributed by atoms with Crippen LogP contribution in [0.15, 0.2) is 24.3 Å². The number of nitrogens with two attached hydrogens (primary N) is 1. The van der Waals surface area contributed by atoms with Gasteiger partial charge in [-0.15, -0.1) is 0 Å². The molecule has 0 fully saturated rings. The average Bonchev–Trinajstić information content (AvgIpc) is 2.36. The number of nitrogens with one attached hydrogen (secondary N) is 1.